The van der Waals surface area contributed by atoms with Gasteiger partial charge in [-0.05, 0) is 18.8 Å². The van der Waals surface area contributed by atoms with Gasteiger partial charge >= 0.3 is 0 Å². The Morgan fingerprint density at radius 2 is 2.12 bits per heavy atom. The standard InChI is InChI=1S/C12H23N3O/c1-2-11-10(3-4-12(16)14-11)9-15-7-5-13-6-8-15/h10-11,13H,2-9H2,1H3,(H,14,16)/t10-,11-/m1/s1. The molecule has 2 atom stereocenters. The van der Waals surface area contributed by atoms with E-state index in [1.165, 1.54) is 0 Å². The zero-order chi connectivity index (χ0) is 11.4. The van der Waals surface area contributed by atoms with Gasteiger partial charge in [0.2, 0.25) is 5.91 Å². The molecule has 2 aliphatic rings. The summed E-state index contributed by atoms with van der Waals surface area (Å²) in [6.45, 7) is 7.84. The summed E-state index contributed by atoms with van der Waals surface area (Å²) in [6.07, 6.45) is 2.84. The Bertz CT molecular complexity index is 238. The summed E-state index contributed by atoms with van der Waals surface area (Å²) in [5.41, 5.74) is 0. The Labute approximate surface area is 97.8 Å². The van der Waals surface area contributed by atoms with Crippen LogP contribution in [-0.2, 0) is 4.79 Å². The molecule has 0 radical (unpaired) electrons. The zero-order valence-electron chi connectivity index (χ0n) is 10.2. The van der Waals surface area contributed by atoms with Crippen LogP contribution in [0, 0.1) is 5.92 Å². The first-order chi connectivity index (χ1) is 7.79. The summed E-state index contributed by atoms with van der Waals surface area (Å²) in [5, 5.41) is 6.50. The number of rotatable bonds is 3. The van der Waals surface area contributed by atoms with Gasteiger partial charge in [-0.15, -0.1) is 0 Å². The minimum Gasteiger partial charge on any atom is -0.353 e. The van der Waals surface area contributed by atoms with Crippen molar-refractivity contribution in [2.24, 2.45) is 5.92 Å². The maximum atomic E-state index is 11.3. The third kappa shape index (κ3) is 2.95. The quantitative estimate of drug-likeness (QED) is 0.721. The van der Waals surface area contributed by atoms with Crippen LogP contribution in [0.25, 0.3) is 0 Å². The van der Waals surface area contributed by atoms with E-state index < -0.39 is 0 Å². The van der Waals surface area contributed by atoms with Crippen molar-refractivity contribution < 1.29 is 4.79 Å². The molecule has 0 aromatic rings. The van der Waals surface area contributed by atoms with E-state index in [-0.39, 0.29) is 5.91 Å². The van der Waals surface area contributed by atoms with Crippen molar-refractivity contribution in [3.63, 3.8) is 0 Å². The van der Waals surface area contributed by atoms with Crippen LogP contribution < -0.4 is 10.6 Å². The van der Waals surface area contributed by atoms with Crippen molar-refractivity contribution in [1.29, 1.82) is 0 Å². The number of carbonyl (C=O) groups excluding carboxylic acids is 1. The van der Waals surface area contributed by atoms with E-state index in [0.717, 1.165) is 45.6 Å². The second-order valence-electron chi connectivity index (χ2n) is 4.93. The summed E-state index contributed by atoms with van der Waals surface area (Å²) in [4.78, 5) is 13.9. The molecular formula is C12H23N3O. The molecule has 4 heteroatoms. The van der Waals surface area contributed by atoms with E-state index in [0.29, 0.717) is 18.4 Å². The van der Waals surface area contributed by atoms with Crippen LogP contribution in [0.2, 0.25) is 0 Å². The smallest absolute Gasteiger partial charge is 0.220 e. The van der Waals surface area contributed by atoms with E-state index in [1.807, 2.05) is 0 Å². The number of nitrogens with zero attached hydrogens (tertiary/aromatic N) is 1. The highest BCUT2D eigenvalue weighted by molar-refractivity contribution is 5.77. The molecule has 0 aromatic carbocycles. The van der Waals surface area contributed by atoms with Crippen molar-refractivity contribution in [3.8, 4) is 0 Å². The van der Waals surface area contributed by atoms with Crippen LogP contribution in [-0.4, -0.2) is 49.6 Å². The lowest BCUT2D eigenvalue weighted by molar-refractivity contribution is -0.124. The Morgan fingerprint density at radius 3 is 2.81 bits per heavy atom. The number of carbonyl (C=O) groups is 1. The van der Waals surface area contributed by atoms with Crippen LogP contribution in [0.15, 0.2) is 0 Å². The molecule has 0 spiro atoms. The molecule has 2 N–H and O–H groups in total. The van der Waals surface area contributed by atoms with Crippen molar-refractivity contribution >= 4 is 5.91 Å². The van der Waals surface area contributed by atoms with Gasteiger partial charge in [0.25, 0.3) is 0 Å². The van der Waals surface area contributed by atoms with Crippen LogP contribution in [0.3, 0.4) is 0 Å². The molecule has 2 aliphatic heterocycles. The number of hydrogen-bond acceptors (Lipinski definition) is 3. The number of nitrogens with one attached hydrogen (secondary N) is 2. The minimum atomic E-state index is 0.239. The van der Waals surface area contributed by atoms with Gasteiger partial charge in [0.15, 0.2) is 0 Å². The first-order valence-electron chi connectivity index (χ1n) is 6.52. The molecule has 2 fully saturated rings. The average Bonchev–Trinajstić information content (AvgIpc) is 2.33. The Balaban J connectivity index is 1.84. The second kappa shape index (κ2) is 5.64. The molecule has 0 unspecified atom stereocenters. The molecule has 4 nitrogen and oxygen atoms in total. The van der Waals surface area contributed by atoms with Gasteiger partial charge in [0.1, 0.15) is 0 Å². The van der Waals surface area contributed by atoms with E-state index in [1.54, 1.807) is 0 Å². The molecule has 0 aliphatic carbocycles. The predicted molar refractivity (Wildman–Crippen MR) is 64.3 cm³/mol. The molecule has 0 aromatic heterocycles. The third-order valence-electron chi connectivity index (χ3n) is 3.80. The fourth-order valence-corrected chi connectivity index (χ4v) is 2.79. The summed E-state index contributed by atoms with van der Waals surface area (Å²) in [5.74, 6) is 0.893. The molecule has 92 valence electrons. The van der Waals surface area contributed by atoms with Crippen molar-refractivity contribution in [2.45, 2.75) is 32.2 Å². The first-order valence-corrected chi connectivity index (χ1v) is 6.52. The SMILES string of the molecule is CC[C@H]1NC(=O)CC[C@@H]1CN1CCNCC1. The second-order valence-corrected chi connectivity index (χ2v) is 4.93. The zero-order valence-corrected chi connectivity index (χ0v) is 10.2. The van der Waals surface area contributed by atoms with Crippen LogP contribution in [0.1, 0.15) is 26.2 Å². The van der Waals surface area contributed by atoms with Gasteiger partial charge in [-0.2, -0.15) is 0 Å². The minimum absolute atomic E-state index is 0.239. The number of piperidine rings is 1. The van der Waals surface area contributed by atoms with Crippen molar-refractivity contribution in [1.82, 2.24) is 15.5 Å². The van der Waals surface area contributed by atoms with Crippen LogP contribution in [0.4, 0.5) is 0 Å². The van der Waals surface area contributed by atoms with Crippen molar-refractivity contribution in [2.75, 3.05) is 32.7 Å². The average molecular weight is 225 g/mol. The lowest BCUT2D eigenvalue weighted by Crippen LogP contribution is -2.51. The third-order valence-corrected chi connectivity index (χ3v) is 3.80. The highest BCUT2D eigenvalue weighted by Crippen LogP contribution is 2.20. The molecule has 0 saturated carbocycles. The lowest BCUT2D eigenvalue weighted by atomic mass is 9.88. The van der Waals surface area contributed by atoms with E-state index in [9.17, 15) is 4.79 Å². The van der Waals surface area contributed by atoms with Gasteiger partial charge in [-0.1, -0.05) is 6.92 Å². The molecule has 0 bridgehead atoms. The molecule has 2 saturated heterocycles. The largest absolute Gasteiger partial charge is 0.353 e. The van der Waals surface area contributed by atoms with Crippen LogP contribution >= 0.6 is 0 Å². The molecule has 2 rings (SSSR count). The first kappa shape index (κ1) is 11.9. The van der Waals surface area contributed by atoms with Gasteiger partial charge in [0.05, 0.1) is 0 Å². The van der Waals surface area contributed by atoms with Gasteiger partial charge in [-0.3, -0.25) is 4.79 Å². The fourth-order valence-electron chi connectivity index (χ4n) is 2.79. The fraction of sp³-hybridized carbons (Fsp3) is 0.917. The summed E-state index contributed by atoms with van der Waals surface area (Å²) >= 11 is 0. The lowest BCUT2D eigenvalue weighted by Gasteiger charge is -2.37. The van der Waals surface area contributed by atoms with Crippen molar-refractivity contribution in [3.05, 3.63) is 0 Å². The molecule has 2 heterocycles. The van der Waals surface area contributed by atoms with Gasteiger partial charge in [-0.25, -0.2) is 0 Å². The summed E-state index contributed by atoms with van der Waals surface area (Å²) in [6, 6.07) is 0.399. The van der Waals surface area contributed by atoms with Crippen LogP contribution in [0.5, 0.6) is 0 Å². The maximum Gasteiger partial charge on any atom is 0.220 e. The Morgan fingerprint density at radius 1 is 1.38 bits per heavy atom. The Kier molecular flexibility index (Phi) is 4.18. The molecular weight excluding hydrogens is 202 g/mol. The monoisotopic (exact) mass is 225 g/mol. The summed E-state index contributed by atoms with van der Waals surface area (Å²) in [7, 11) is 0. The predicted octanol–water partition coefficient (Wildman–Crippen LogP) is 0.196. The molecule has 16 heavy (non-hydrogen) atoms. The topological polar surface area (TPSA) is 44.4 Å². The highest BCUT2D eigenvalue weighted by Gasteiger charge is 2.28. The molecule has 1 amide bonds. The number of hydrogen-bond donors (Lipinski definition) is 2. The van der Waals surface area contributed by atoms with Gasteiger partial charge in [0, 0.05) is 45.2 Å². The van der Waals surface area contributed by atoms with E-state index in [2.05, 4.69) is 22.5 Å². The van der Waals surface area contributed by atoms with Gasteiger partial charge < -0.3 is 15.5 Å². The number of amides is 1. The van der Waals surface area contributed by atoms with E-state index >= 15 is 0 Å². The highest BCUT2D eigenvalue weighted by atomic mass is 16.1. The number of piperazine rings is 1. The normalized spacial score (nSPS) is 32.4. The Hall–Kier alpha value is -0.610. The summed E-state index contributed by atoms with van der Waals surface area (Å²) < 4.78 is 0. The maximum absolute atomic E-state index is 11.3. The van der Waals surface area contributed by atoms with E-state index in [4.69, 9.17) is 0 Å².